The average Bonchev–Trinajstić information content (AvgIpc) is 3.07. The summed E-state index contributed by atoms with van der Waals surface area (Å²) in [6, 6.07) is 17.6. The van der Waals surface area contributed by atoms with Gasteiger partial charge in [-0.2, -0.15) is 5.10 Å². The SMILES string of the molecule is Cc1ccccc1CNC(=O)c1ccccc1Cn1cccn1. The number of aromatic nitrogens is 2. The molecule has 116 valence electrons. The van der Waals surface area contributed by atoms with Crippen LogP contribution >= 0.6 is 0 Å². The molecule has 0 aliphatic rings. The average molecular weight is 305 g/mol. The van der Waals surface area contributed by atoms with Crippen LogP contribution in [0.5, 0.6) is 0 Å². The van der Waals surface area contributed by atoms with Crippen molar-refractivity contribution in [3.8, 4) is 0 Å². The third-order valence-corrected chi connectivity index (χ3v) is 3.85. The molecule has 23 heavy (non-hydrogen) atoms. The molecule has 3 aromatic rings. The van der Waals surface area contributed by atoms with Gasteiger partial charge in [-0.1, -0.05) is 42.5 Å². The molecule has 4 nitrogen and oxygen atoms in total. The smallest absolute Gasteiger partial charge is 0.251 e. The van der Waals surface area contributed by atoms with Gasteiger partial charge >= 0.3 is 0 Å². The summed E-state index contributed by atoms with van der Waals surface area (Å²) in [5, 5.41) is 7.21. The number of carbonyl (C=O) groups is 1. The first kappa shape index (κ1) is 15.0. The summed E-state index contributed by atoms with van der Waals surface area (Å²) in [7, 11) is 0. The Labute approximate surface area is 135 Å². The molecule has 0 aliphatic carbocycles. The van der Waals surface area contributed by atoms with Gasteiger partial charge in [-0.25, -0.2) is 0 Å². The molecule has 4 heteroatoms. The van der Waals surface area contributed by atoms with E-state index in [2.05, 4.69) is 10.4 Å². The highest BCUT2D eigenvalue weighted by Gasteiger charge is 2.11. The molecule has 0 aliphatic heterocycles. The van der Waals surface area contributed by atoms with Gasteiger partial charge in [0.05, 0.1) is 6.54 Å². The van der Waals surface area contributed by atoms with E-state index in [-0.39, 0.29) is 5.91 Å². The molecule has 0 saturated carbocycles. The zero-order valence-corrected chi connectivity index (χ0v) is 13.1. The van der Waals surface area contributed by atoms with Crippen molar-refractivity contribution < 1.29 is 4.79 Å². The normalized spacial score (nSPS) is 10.5. The number of hydrogen-bond donors (Lipinski definition) is 1. The molecule has 1 heterocycles. The van der Waals surface area contributed by atoms with Gasteiger partial charge < -0.3 is 5.32 Å². The number of amides is 1. The standard InChI is InChI=1S/C19H19N3O/c1-15-7-2-3-8-16(15)13-20-19(23)18-10-5-4-9-17(18)14-22-12-6-11-21-22/h2-12H,13-14H2,1H3,(H,20,23). The van der Waals surface area contributed by atoms with E-state index in [0.29, 0.717) is 18.7 Å². The predicted octanol–water partition coefficient (Wildman–Crippen LogP) is 3.17. The number of rotatable bonds is 5. The highest BCUT2D eigenvalue weighted by Crippen LogP contribution is 2.12. The summed E-state index contributed by atoms with van der Waals surface area (Å²) in [6.07, 6.45) is 3.63. The molecule has 0 fully saturated rings. The van der Waals surface area contributed by atoms with E-state index < -0.39 is 0 Å². The minimum Gasteiger partial charge on any atom is -0.348 e. The van der Waals surface area contributed by atoms with Gasteiger partial charge in [-0.05, 0) is 35.7 Å². The first-order chi connectivity index (χ1) is 11.2. The van der Waals surface area contributed by atoms with Gasteiger partial charge in [0.2, 0.25) is 0 Å². The second kappa shape index (κ2) is 6.92. The minimum absolute atomic E-state index is 0.0593. The Kier molecular flexibility index (Phi) is 4.52. The van der Waals surface area contributed by atoms with Gasteiger partial charge in [0.15, 0.2) is 0 Å². The van der Waals surface area contributed by atoms with Crippen molar-refractivity contribution in [3.05, 3.63) is 89.2 Å². The van der Waals surface area contributed by atoms with Crippen molar-refractivity contribution in [2.24, 2.45) is 0 Å². The largest absolute Gasteiger partial charge is 0.348 e. The molecule has 1 N–H and O–H groups in total. The van der Waals surface area contributed by atoms with Crippen LogP contribution in [0.3, 0.4) is 0 Å². The lowest BCUT2D eigenvalue weighted by molar-refractivity contribution is 0.0950. The van der Waals surface area contributed by atoms with E-state index in [1.165, 1.54) is 5.56 Å². The van der Waals surface area contributed by atoms with Gasteiger partial charge in [0.25, 0.3) is 5.91 Å². The first-order valence-electron chi connectivity index (χ1n) is 7.62. The van der Waals surface area contributed by atoms with Gasteiger partial charge in [-0.15, -0.1) is 0 Å². The van der Waals surface area contributed by atoms with Crippen LogP contribution in [0.15, 0.2) is 67.0 Å². The second-order valence-electron chi connectivity index (χ2n) is 5.47. The van der Waals surface area contributed by atoms with E-state index in [0.717, 1.165) is 11.1 Å². The summed E-state index contributed by atoms with van der Waals surface area (Å²) in [5.74, 6) is -0.0593. The third-order valence-electron chi connectivity index (χ3n) is 3.85. The van der Waals surface area contributed by atoms with Crippen LogP contribution in [0, 0.1) is 6.92 Å². The van der Waals surface area contributed by atoms with E-state index in [9.17, 15) is 4.79 Å². The van der Waals surface area contributed by atoms with Crippen molar-refractivity contribution in [1.29, 1.82) is 0 Å². The van der Waals surface area contributed by atoms with E-state index in [1.807, 2.05) is 72.4 Å². The summed E-state index contributed by atoms with van der Waals surface area (Å²) in [6.45, 7) is 3.16. The molecule has 2 aromatic carbocycles. The molecule has 0 atom stereocenters. The summed E-state index contributed by atoms with van der Waals surface area (Å²) < 4.78 is 1.81. The Balaban J connectivity index is 1.73. The lowest BCUT2D eigenvalue weighted by atomic mass is 10.1. The number of carbonyl (C=O) groups excluding carboxylic acids is 1. The van der Waals surface area contributed by atoms with Crippen molar-refractivity contribution in [3.63, 3.8) is 0 Å². The minimum atomic E-state index is -0.0593. The van der Waals surface area contributed by atoms with E-state index in [4.69, 9.17) is 0 Å². The van der Waals surface area contributed by atoms with Gasteiger partial charge in [0, 0.05) is 24.5 Å². The number of benzene rings is 2. The molecule has 3 rings (SSSR count). The number of nitrogens with one attached hydrogen (secondary N) is 1. The Morgan fingerprint density at radius 3 is 2.52 bits per heavy atom. The maximum atomic E-state index is 12.5. The highest BCUT2D eigenvalue weighted by molar-refractivity contribution is 5.95. The van der Waals surface area contributed by atoms with Crippen molar-refractivity contribution >= 4 is 5.91 Å². The molecule has 1 amide bonds. The van der Waals surface area contributed by atoms with Crippen molar-refractivity contribution in [2.45, 2.75) is 20.0 Å². The van der Waals surface area contributed by atoms with E-state index in [1.54, 1.807) is 6.20 Å². The molecule has 0 spiro atoms. The number of aryl methyl sites for hydroxylation is 1. The molecule has 0 bridgehead atoms. The maximum Gasteiger partial charge on any atom is 0.251 e. The Hall–Kier alpha value is -2.88. The Morgan fingerprint density at radius 1 is 1.04 bits per heavy atom. The highest BCUT2D eigenvalue weighted by atomic mass is 16.1. The number of nitrogens with zero attached hydrogens (tertiary/aromatic N) is 2. The lowest BCUT2D eigenvalue weighted by Gasteiger charge is -2.11. The third kappa shape index (κ3) is 3.66. The van der Waals surface area contributed by atoms with Crippen molar-refractivity contribution in [2.75, 3.05) is 0 Å². The van der Waals surface area contributed by atoms with Crippen LogP contribution in [0.4, 0.5) is 0 Å². The summed E-state index contributed by atoms with van der Waals surface area (Å²) in [5.41, 5.74) is 3.96. The molecular weight excluding hydrogens is 286 g/mol. The summed E-state index contributed by atoms with van der Waals surface area (Å²) >= 11 is 0. The molecule has 0 unspecified atom stereocenters. The van der Waals surface area contributed by atoms with Gasteiger partial charge in [-0.3, -0.25) is 9.48 Å². The van der Waals surface area contributed by atoms with Crippen LogP contribution in [0.1, 0.15) is 27.0 Å². The van der Waals surface area contributed by atoms with Gasteiger partial charge in [0.1, 0.15) is 0 Å². The van der Waals surface area contributed by atoms with Crippen molar-refractivity contribution in [1.82, 2.24) is 15.1 Å². The topological polar surface area (TPSA) is 46.9 Å². The quantitative estimate of drug-likeness (QED) is 0.787. The Bertz CT molecular complexity index is 794. The fraction of sp³-hybridized carbons (Fsp3) is 0.158. The molecule has 0 saturated heterocycles. The molecular formula is C19H19N3O. The Morgan fingerprint density at radius 2 is 1.78 bits per heavy atom. The molecule has 0 radical (unpaired) electrons. The molecule has 1 aromatic heterocycles. The van der Waals surface area contributed by atoms with Crippen LogP contribution in [0.2, 0.25) is 0 Å². The van der Waals surface area contributed by atoms with E-state index >= 15 is 0 Å². The van der Waals surface area contributed by atoms with Crippen LogP contribution < -0.4 is 5.32 Å². The summed E-state index contributed by atoms with van der Waals surface area (Å²) in [4.78, 5) is 12.5. The first-order valence-corrected chi connectivity index (χ1v) is 7.62. The monoisotopic (exact) mass is 305 g/mol. The fourth-order valence-corrected chi connectivity index (χ4v) is 2.53. The zero-order valence-electron chi connectivity index (χ0n) is 13.1. The number of hydrogen-bond acceptors (Lipinski definition) is 2. The lowest BCUT2D eigenvalue weighted by Crippen LogP contribution is -2.24. The van der Waals surface area contributed by atoms with Crippen LogP contribution in [-0.4, -0.2) is 15.7 Å². The van der Waals surface area contributed by atoms with Crippen LogP contribution in [-0.2, 0) is 13.1 Å². The van der Waals surface area contributed by atoms with Crippen LogP contribution in [0.25, 0.3) is 0 Å². The fourth-order valence-electron chi connectivity index (χ4n) is 2.53. The second-order valence-corrected chi connectivity index (χ2v) is 5.47. The zero-order chi connectivity index (χ0) is 16.1. The predicted molar refractivity (Wildman–Crippen MR) is 90.1 cm³/mol. The maximum absolute atomic E-state index is 12.5.